The minimum atomic E-state index is -1.86. The van der Waals surface area contributed by atoms with Crippen LogP contribution in [0.5, 0.6) is 5.75 Å². The smallest absolute Gasteiger partial charge is 0.326 e. The van der Waals surface area contributed by atoms with Crippen molar-refractivity contribution in [1.82, 2.24) is 63.1 Å². The number of aromatic nitrogens is 1. The molecule has 0 radical (unpaired) electrons. The van der Waals surface area contributed by atoms with Crippen LogP contribution in [0.2, 0.25) is 0 Å². The van der Waals surface area contributed by atoms with E-state index in [0.717, 1.165) is 4.90 Å². The van der Waals surface area contributed by atoms with Gasteiger partial charge in [0.25, 0.3) is 0 Å². The third kappa shape index (κ3) is 30.1. The van der Waals surface area contributed by atoms with Crippen molar-refractivity contribution in [3.8, 4) is 5.75 Å². The molecule has 1 aliphatic rings. The molecule has 11 amide bonds. The number of carboxylic acid groups (broad SMARTS) is 1. The first-order chi connectivity index (χ1) is 51.5. The van der Waals surface area contributed by atoms with Crippen molar-refractivity contribution in [2.75, 3.05) is 59.1 Å². The van der Waals surface area contributed by atoms with E-state index in [1.807, 2.05) is 0 Å². The van der Waals surface area contributed by atoms with Crippen molar-refractivity contribution < 1.29 is 83.1 Å². The highest BCUT2D eigenvalue weighted by Crippen LogP contribution is 2.23. The number of aromatic amines is 1. The number of aliphatic carboxylic acids is 1. The number of H-pyrrole nitrogens is 1. The Morgan fingerprint density at radius 2 is 0.870 bits per heavy atom. The number of amides is 11. The summed E-state index contributed by atoms with van der Waals surface area (Å²) in [5, 5.41) is 78.0. The number of rotatable bonds is 50. The summed E-state index contributed by atoms with van der Waals surface area (Å²) in [6.45, 7) is 0.871. The fraction of sp³-hybridized carbons (Fsp3) is 0.594. The monoisotopic (exact) mass is 1520 g/mol. The Morgan fingerprint density at radius 3 is 1.30 bits per heavy atom. The Balaban J connectivity index is 1.63. The van der Waals surface area contributed by atoms with Gasteiger partial charge >= 0.3 is 5.97 Å². The SMILES string of the molecule is CC(C)[C@H](NC(=O)[C@H](CO)NC(=O)[C@H](Cc1c[nH]c2ccccc12)NC(=O)[C@H](CO)NC(=O)[C@H](CCCCN)NC(=O)[C@H](Cc1ccc(O)cc1)NC(=O)[C@H](CCCN=C(N)N)NC(=O)[C@H](CO)NC(=O)[C@H](CCCCN)NC(=O)[C@H](CCCCN)NC(=O)[C@@H](N)CCCN=C(N)N)C(=O)N1CCC[C@H]1C(=O)O. The zero-order chi connectivity index (χ0) is 80.0. The van der Waals surface area contributed by atoms with Gasteiger partial charge in [0.15, 0.2) is 11.9 Å². The molecule has 1 aliphatic heterocycles. The average molecular weight is 1520 g/mol. The van der Waals surface area contributed by atoms with Gasteiger partial charge in [-0.3, -0.25) is 62.7 Å². The lowest BCUT2D eigenvalue weighted by atomic mass is 10.0. The summed E-state index contributed by atoms with van der Waals surface area (Å²) < 4.78 is 0. The van der Waals surface area contributed by atoms with Crippen molar-refractivity contribution >= 4 is 93.8 Å². The van der Waals surface area contributed by atoms with Gasteiger partial charge in [0.2, 0.25) is 65.0 Å². The zero-order valence-corrected chi connectivity index (χ0v) is 61.2. The van der Waals surface area contributed by atoms with E-state index < -0.39 is 169 Å². The number of phenolic OH excluding ortho intramolecular Hbond substituents is 1. The molecule has 2 heterocycles. The number of aliphatic hydroxyl groups excluding tert-OH is 3. The van der Waals surface area contributed by atoms with Crippen LogP contribution in [-0.4, -0.2) is 250 Å². The fourth-order valence-electron chi connectivity index (χ4n) is 11.8. The van der Waals surface area contributed by atoms with E-state index in [-0.39, 0.29) is 128 Å². The predicted octanol–water partition coefficient (Wildman–Crippen LogP) is -6.96. The van der Waals surface area contributed by atoms with Gasteiger partial charge in [-0.15, -0.1) is 0 Å². The third-order valence-corrected chi connectivity index (χ3v) is 17.9. The molecule has 4 rings (SSSR count). The summed E-state index contributed by atoms with van der Waals surface area (Å²) in [7, 11) is 0. The molecule has 1 saturated heterocycles. The van der Waals surface area contributed by atoms with Gasteiger partial charge in [0.05, 0.1) is 25.9 Å². The number of likely N-dealkylation sites (tertiary alicyclic amines) is 1. The number of nitrogens with zero attached hydrogens (tertiary/aromatic N) is 3. The number of hydrogen-bond acceptors (Lipinski definition) is 22. The van der Waals surface area contributed by atoms with Crippen LogP contribution in [0.3, 0.4) is 0 Å². The molecule has 39 nitrogen and oxygen atoms in total. The van der Waals surface area contributed by atoms with Crippen LogP contribution in [0.1, 0.15) is 121 Å². The number of phenols is 1. The molecule has 1 fully saturated rings. The number of aliphatic hydroxyl groups is 3. The number of para-hydroxylation sites is 1. The molecular formula is C69H112N22O17. The molecule has 2 aromatic carbocycles. The summed E-state index contributed by atoms with van der Waals surface area (Å²) in [5.74, 6) is -13.0. The Morgan fingerprint density at radius 1 is 0.491 bits per heavy atom. The first-order valence-corrected chi connectivity index (χ1v) is 36.2. The fourth-order valence-corrected chi connectivity index (χ4v) is 11.8. The summed E-state index contributed by atoms with van der Waals surface area (Å²) in [6.07, 6.45) is 3.69. The summed E-state index contributed by atoms with van der Waals surface area (Å²) in [5.41, 5.74) is 46.9. The maximum atomic E-state index is 14.8. The number of nitrogens with one attached hydrogen (secondary N) is 11. The molecule has 32 N–H and O–H groups in total. The van der Waals surface area contributed by atoms with Gasteiger partial charge in [0.1, 0.15) is 72.2 Å². The van der Waals surface area contributed by atoms with Crippen molar-refractivity contribution in [2.24, 2.45) is 61.8 Å². The first-order valence-electron chi connectivity index (χ1n) is 36.2. The van der Waals surface area contributed by atoms with Crippen LogP contribution >= 0.6 is 0 Å². The number of aliphatic imine (C=N–C) groups is 2. The van der Waals surface area contributed by atoms with Crippen molar-refractivity contribution in [3.05, 3.63) is 65.9 Å². The second-order valence-electron chi connectivity index (χ2n) is 26.6. The Bertz CT molecular complexity index is 3500. The summed E-state index contributed by atoms with van der Waals surface area (Å²) >= 11 is 0. The maximum absolute atomic E-state index is 14.8. The van der Waals surface area contributed by atoms with Crippen LogP contribution in [-0.2, 0) is 70.4 Å². The molecule has 108 heavy (non-hydrogen) atoms. The van der Waals surface area contributed by atoms with Crippen LogP contribution in [0.15, 0.2) is 64.7 Å². The Labute approximate surface area is 625 Å². The second-order valence-corrected chi connectivity index (χ2v) is 26.6. The lowest BCUT2D eigenvalue weighted by Crippen LogP contribution is -2.62. The van der Waals surface area contributed by atoms with Gasteiger partial charge in [0, 0.05) is 49.6 Å². The van der Waals surface area contributed by atoms with Crippen molar-refractivity contribution in [1.29, 1.82) is 0 Å². The van der Waals surface area contributed by atoms with E-state index in [0.29, 0.717) is 60.6 Å². The van der Waals surface area contributed by atoms with Crippen LogP contribution in [0, 0.1) is 5.92 Å². The molecule has 12 atom stereocenters. The molecule has 39 heteroatoms. The number of hydrogen-bond donors (Lipinski definition) is 24. The molecule has 3 aromatic rings. The number of benzene rings is 2. The number of carboxylic acids is 1. The van der Waals surface area contributed by atoms with E-state index >= 15 is 0 Å². The third-order valence-electron chi connectivity index (χ3n) is 17.9. The molecule has 0 aliphatic carbocycles. The quantitative estimate of drug-likeness (QED) is 0.0142. The van der Waals surface area contributed by atoms with Gasteiger partial charge in [-0.05, 0) is 151 Å². The maximum Gasteiger partial charge on any atom is 0.326 e. The predicted molar refractivity (Wildman–Crippen MR) is 398 cm³/mol. The summed E-state index contributed by atoms with van der Waals surface area (Å²) in [4.78, 5) is 181. The number of nitrogens with two attached hydrogens (primary N) is 8. The standard InChI is InChI=1S/C69H112N22O17/c1-38(2)55(66(106)91-31-13-21-54(91)67(107)108)90-65(105)53(37-94)89-62(102)50(33-40-34-80-44-16-4-3-14-42(40)44)86-64(104)52(36-93)88-60(100)47(19-7-10-28-72)83-61(101)49(32-39-22-24-41(95)25-23-39)85-58(98)48(20-12-30-79-69(76)77)84-63(103)51(35-92)87-59(99)46(18-6-9-27-71)82-57(97)45(17-5-8-26-70)81-56(96)43(73)15-11-29-78-68(74)75/h3-4,14,16,22-25,34,38,43,45-55,80,92-95H,5-13,15,17-21,26-33,35-37,70-73H2,1-2H3,(H,81,96)(H,82,97)(H,83,101)(H,84,103)(H,85,98)(H,86,104)(H,87,99)(H,88,100)(H,89,102)(H,90,105)(H,107,108)(H4,74,75,78)(H4,76,77,79)/t43-,45-,46-,47-,48-,49-,50-,51-,52-,53-,54-,55-/m0/s1. The lowest BCUT2D eigenvalue weighted by molar-refractivity contribution is -0.150. The topological polar surface area (TPSA) is 678 Å². The van der Waals surface area contributed by atoms with E-state index in [9.17, 15) is 83.1 Å². The van der Waals surface area contributed by atoms with Crippen LogP contribution in [0.4, 0.5) is 0 Å². The average Bonchev–Trinajstić information content (AvgIpc) is 1.65. The Hall–Kier alpha value is -10.3. The highest BCUT2D eigenvalue weighted by Gasteiger charge is 2.41. The number of unbranched alkanes of at least 4 members (excludes halogenated alkanes) is 3. The molecule has 0 unspecified atom stereocenters. The number of guanidine groups is 2. The van der Waals surface area contributed by atoms with E-state index in [1.165, 1.54) is 24.3 Å². The molecule has 600 valence electrons. The number of fused-ring (bicyclic) bond motifs is 1. The molecule has 0 saturated carbocycles. The van der Waals surface area contributed by atoms with Gasteiger partial charge in [-0.25, -0.2) is 4.79 Å². The number of carbonyl (C=O) groups is 12. The lowest BCUT2D eigenvalue weighted by Gasteiger charge is -2.30. The number of aromatic hydroxyl groups is 1. The first kappa shape index (κ1) is 90.1. The van der Waals surface area contributed by atoms with Crippen molar-refractivity contribution in [2.45, 2.75) is 196 Å². The largest absolute Gasteiger partial charge is 0.508 e. The van der Waals surface area contributed by atoms with E-state index in [2.05, 4.69) is 68.1 Å². The highest BCUT2D eigenvalue weighted by atomic mass is 16.4. The minimum absolute atomic E-state index is 0.000264. The highest BCUT2D eigenvalue weighted by molar-refractivity contribution is 6.00. The summed E-state index contributed by atoms with van der Waals surface area (Å²) in [6, 6.07) is -5.50. The van der Waals surface area contributed by atoms with Gasteiger partial charge < -0.3 is 134 Å². The molecular weight excluding hydrogens is 1410 g/mol. The van der Waals surface area contributed by atoms with Gasteiger partial charge in [-0.2, -0.15) is 0 Å². The van der Waals surface area contributed by atoms with E-state index in [4.69, 9.17) is 45.9 Å². The van der Waals surface area contributed by atoms with Crippen LogP contribution < -0.4 is 99.0 Å². The second kappa shape index (κ2) is 47.4. The molecule has 0 spiro atoms. The van der Waals surface area contributed by atoms with E-state index in [1.54, 1.807) is 44.3 Å². The van der Waals surface area contributed by atoms with Crippen molar-refractivity contribution in [3.63, 3.8) is 0 Å². The molecule has 1 aromatic heterocycles. The van der Waals surface area contributed by atoms with Crippen LogP contribution in [0.25, 0.3) is 10.9 Å². The normalized spacial score (nSPS) is 15.7. The number of carbonyl (C=O) groups excluding carboxylic acids is 11. The zero-order valence-electron chi connectivity index (χ0n) is 61.2. The minimum Gasteiger partial charge on any atom is -0.508 e. The van der Waals surface area contributed by atoms with Gasteiger partial charge in [-0.1, -0.05) is 44.2 Å². The molecule has 0 bridgehead atoms. The Kier molecular flexibility index (Phi) is 39.5.